The van der Waals surface area contributed by atoms with Crippen LogP contribution < -0.4 is 14.5 Å². The molecule has 1 aliphatic heterocycles. The fourth-order valence-corrected chi connectivity index (χ4v) is 5.91. The Morgan fingerprint density at radius 2 is 1.47 bits per heavy atom. The normalized spacial score (nSPS) is 13.2. The second kappa shape index (κ2) is 7.98. The topological polar surface area (TPSA) is 33.5 Å². The van der Waals surface area contributed by atoms with Gasteiger partial charge in [0.2, 0.25) is 0 Å². The molecule has 0 spiro atoms. The first-order valence-corrected chi connectivity index (χ1v) is 12.8. The largest absolute Gasteiger partial charge is 0.457 e. The number of rotatable bonds is 4. The van der Waals surface area contributed by atoms with Crippen LogP contribution in [-0.4, -0.2) is 23.3 Å². The molecule has 3 heterocycles. The van der Waals surface area contributed by atoms with Gasteiger partial charge in [-0.3, -0.25) is 4.57 Å². The van der Waals surface area contributed by atoms with Crippen molar-refractivity contribution >= 4 is 49.6 Å². The van der Waals surface area contributed by atoms with Crippen LogP contribution in [0.4, 0.5) is 17.1 Å². The molecule has 0 radical (unpaired) electrons. The van der Waals surface area contributed by atoms with Crippen LogP contribution in [0.3, 0.4) is 0 Å². The van der Waals surface area contributed by atoms with E-state index in [0.717, 1.165) is 46.1 Å². The number of nitrogens with zero attached hydrogens (tertiary/aromatic N) is 4. The summed E-state index contributed by atoms with van der Waals surface area (Å²) >= 11 is 0. The van der Waals surface area contributed by atoms with E-state index in [2.05, 4.69) is 117 Å². The van der Waals surface area contributed by atoms with E-state index < -0.39 is 0 Å². The van der Waals surface area contributed by atoms with Crippen LogP contribution in [0.1, 0.15) is 0 Å². The standard InChI is InChI=1S/C33H24N4O/c1-35-21-36(28-12-3-2-11-27(28)35)24-9-7-10-25(19-24)38-26-18-23-16-15-22-8-6-13-29-32(22)33(23)30(20-26)37(29)31-14-4-5-17-34-31/h2-20H,21H2,1H3. The summed E-state index contributed by atoms with van der Waals surface area (Å²) in [4.78, 5) is 9.27. The third kappa shape index (κ3) is 3.08. The molecule has 0 aliphatic carbocycles. The summed E-state index contributed by atoms with van der Waals surface area (Å²) in [6.07, 6.45) is 1.84. The molecule has 0 N–H and O–H groups in total. The lowest BCUT2D eigenvalue weighted by Crippen LogP contribution is -2.23. The van der Waals surface area contributed by atoms with Gasteiger partial charge in [0.1, 0.15) is 17.3 Å². The van der Waals surface area contributed by atoms with Crippen molar-refractivity contribution in [3.8, 4) is 17.3 Å². The number of hydrogen-bond acceptors (Lipinski definition) is 4. The molecule has 0 saturated heterocycles. The van der Waals surface area contributed by atoms with E-state index in [4.69, 9.17) is 4.74 Å². The Hall–Kier alpha value is -5.03. The molecule has 0 bridgehead atoms. The maximum absolute atomic E-state index is 6.54. The fraction of sp³-hybridized carbons (Fsp3) is 0.0606. The summed E-state index contributed by atoms with van der Waals surface area (Å²) in [6, 6.07) is 38.0. The Morgan fingerprint density at radius 1 is 0.658 bits per heavy atom. The van der Waals surface area contributed by atoms with Crippen LogP contribution in [0.2, 0.25) is 0 Å². The van der Waals surface area contributed by atoms with Crippen LogP contribution in [0, 0.1) is 0 Å². The molecule has 38 heavy (non-hydrogen) atoms. The van der Waals surface area contributed by atoms with E-state index in [0.29, 0.717) is 0 Å². The van der Waals surface area contributed by atoms with E-state index in [1.54, 1.807) is 0 Å². The molecule has 0 unspecified atom stereocenters. The molecule has 0 atom stereocenters. The fourth-order valence-electron chi connectivity index (χ4n) is 5.91. The zero-order valence-electron chi connectivity index (χ0n) is 20.9. The second-order valence-corrected chi connectivity index (χ2v) is 9.86. The minimum Gasteiger partial charge on any atom is -0.457 e. The van der Waals surface area contributed by atoms with E-state index in [1.165, 1.54) is 27.5 Å². The summed E-state index contributed by atoms with van der Waals surface area (Å²) in [6.45, 7) is 0.802. The van der Waals surface area contributed by atoms with E-state index >= 15 is 0 Å². The minimum atomic E-state index is 0.802. The van der Waals surface area contributed by atoms with Gasteiger partial charge in [-0.15, -0.1) is 0 Å². The third-order valence-electron chi connectivity index (χ3n) is 7.55. The first kappa shape index (κ1) is 21.1. The van der Waals surface area contributed by atoms with Gasteiger partial charge < -0.3 is 14.5 Å². The number of anilines is 3. The molecule has 0 amide bonds. The van der Waals surface area contributed by atoms with Crippen LogP contribution >= 0.6 is 0 Å². The molecule has 0 fully saturated rings. The molecule has 7 aromatic rings. The summed E-state index contributed by atoms with van der Waals surface area (Å²) in [5.41, 5.74) is 5.79. The van der Waals surface area contributed by atoms with Gasteiger partial charge in [0.05, 0.1) is 29.1 Å². The zero-order chi connectivity index (χ0) is 25.2. The predicted molar refractivity (Wildman–Crippen MR) is 156 cm³/mol. The molecular formula is C33H24N4O. The molecule has 1 aliphatic rings. The number of ether oxygens (including phenoxy) is 1. The van der Waals surface area contributed by atoms with Crippen LogP contribution in [0.25, 0.3) is 38.4 Å². The van der Waals surface area contributed by atoms with Crippen LogP contribution in [0.5, 0.6) is 11.5 Å². The zero-order valence-corrected chi connectivity index (χ0v) is 20.9. The summed E-state index contributed by atoms with van der Waals surface area (Å²) in [5.74, 6) is 2.51. The number of benzene rings is 5. The first-order chi connectivity index (χ1) is 18.7. The molecule has 5 nitrogen and oxygen atoms in total. The Labute approximate surface area is 220 Å². The van der Waals surface area contributed by atoms with Gasteiger partial charge in [-0.05, 0) is 59.3 Å². The predicted octanol–water partition coefficient (Wildman–Crippen LogP) is 8.11. The number of fused-ring (bicyclic) bond motifs is 1. The SMILES string of the molecule is CN1CN(c2cccc(Oc3cc4ccc5cccc6c5c4c(c3)n6-c3ccccn3)c2)c2ccccc21. The Bertz CT molecular complexity index is 1960. The lowest BCUT2D eigenvalue weighted by molar-refractivity contribution is 0.484. The molecule has 0 saturated carbocycles. The Kier molecular flexibility index (Phi) is 4.43. The van der Waals surface area contributed by atoms with Crippen molar-refractivity contribution in [2.75, 3.05) is 23.5 Å². The molecular weight excluding hydrogens is 468 g/mol. The molecule has 182 valence electrons. The van der Waals surface area contributed by atoms with Gasteiger partial charge in [-0.1, -0.05) is 48.5 Å². The monoisotopic (exact) mass is 492 g/mol. The van der Waals surface area contributed by atoms with Gasteiger partial charge in [-0.2, -0.15) is 0 Å². The highest BCUT2D eigenvalue weighted by atomic mass is 16.5. The molecule has 2 aromatic heterocycles. The molecule has 8 rings (SSSR count). The third-order valence-corrected chi connectivity index (χ3v) is 7.55. The minimum absolute atomic E-state index is 0.802. The van der Waals surface area contributed by atoms with Crippen molar-refractivity contribution in [2.24, 2.45) is 0 Å². The van der Waals surface area contributed by atoms with Crippen LogP contribution in [-0.2, 0) is 0 Å². The number of hydrogen-bond donors (Lipinski definition) is 0. The highest BCUT2D eigenvalue weighted by Gasteiger charge is 2.24. The lowest BCUT2D eigenvalue weighted by Gasteiger charge is -2.20. The average Bonchev–Trinajstić information content (AvgIpc) is 3.48. The van der Waals surface area contributed by atoms with Crippen molar-refractivity contribution in [1.82, 2.24) is 9.55 Å². The molecule has 5 aromatic carbocycles. The molecule has 5 heteroatoms. The number of pyridine rings is 1. The van der Waals surface area contributed by atoms with E-state index in [-0.39, 0.29) is 0 Å². The van der Waals surface area contributed by atoms with Gasteiger partial charge in [0.25, 0.3) is 0 Å². The Balaban J connectivity index is 1.25. The summed E-state index contributed by atoms with van der Waals surface area (Å²) in [5, 5.41) is 4.88. The van der Waals surface area contributed by atoms with Crippen molar-refractivity contribution in [3.05, 3.63) is 115 Å². The summed E-state index contributed by atoms with van der Waals surface area (Å²) < 4.78 is 8.78. The van der Waals surface area contributed by atoms with Gasteiger partial charge in [0.15, 0.2) is 0 Å². The van der Waals surface area contributed by atoms with Crippen LogP contribution in [0.15, 0.2) is 115 Å². The van der Waals surface area contributed by atoms with Gasteiger partial charge in [0, 0.05) is 41.8 Å². The van der Waals surface area contributed by atoms with E-state index in [1.807, 2.05) is 24.4 Å². The number of para-hydroxylation sites is 2. The van der Waals surface area contributed by atoms with Crippen molar-refractivity contribution in [3.63, 3.8) is 0 Å². The Morgan fingerprint density at radius 3 is 2.37 bits per heavy atom. The second-order valence-electron chi connectivity index (χ2n) is 9.86. The van der Waals surface area contributed by atoms with Crippen molar-refractivity contribution in [2.45, 2.75) is 0 Å². The van der Waals surface area contributed by atoms with Crippen molar-refractivity contribution < 1.29 is 4.74 Å². The van der Waals surface area contributed by atoms with Gasteiger partial charge in [-0.25, -0.2) is 4.98 Å². The van der Waals surface area contributed by atoms with Gasteiger partial charge >= 0.3 is 0 Å². The smallest absolute Gasteiger partial charge is 0.137 e. The summed E-state index contributed by atoms with van der Waals surface area (Å²) in [7, 11) is 2.12. The van der Waals surface area contributed by atoms with E-state index in [9.17, 15) is 0 Å². The maximum atomic E-state index is 6.54. The lowest BCUT2D eigenvalue weighted by atomic mass is 10.0. The number of aromatic nitrogens is 2. The highest BCUT2D eigenvalue weighted by molar-refractivity contribution is 6.24. The first-order valence-electron chi connectivity index (χ1n) is 12.8. The quantitative estimate of drug-likeness (QED) is 0.232. The highest BCUT2D eigenvalue weighted by Crippen LogP contribution is 2.43. The van der Waals surface area contributed by atoms with Crippen molar-refractivity contribution in [1.29, 1.82) is 0 Å². The maximum Gasteiger partial charge on any atom is 0.137 e. The average molecular weight is 493 g/mol.